The number of ether oxygens (including phenoxy) is 1. The van der Waals surface area contributed by atoms with Gasteiger partial charge < -0.3 is 24.5 Å². The van der Waals surface area contributed by atoms with E-state index in [1.54, 1.807) is 7.11 Å². The zero-order valence-electron chi connectivity index (χ0n) is 20.2. The van der Waals surface area contributed by atoms with E-state index in [0.717, 1.165) is 77.5 Å². The number of hydrogen-bond acceptors (Lipinski definition) is 5. The fourth-order valence-electron chi connectivity index (χ4n) is 4.96. The van der Waals surface area contributed by atoms with Crippen LogP contribution in [0, 0.1) is 11.5 Å². The van der Waals surface area contributed by atoms with E-state index in [1.165, 1.54) is 0 Å². The highest BCUT2D eigenvalue weighted by Crippen LogP contribution is 2.38. The molecular weight excluding hydrogens is 412 g/mol. The van der Waals surface area contributed by atoms with Crippen molar-refractivity contribution in [2.24, 2.45) is 18.2 Å². The molecule has 1 fully saturated rings. The summed E-state index contributed by atoms with van der Waals surface area (Å²) in [4.78, 5) is 12.2. The number of imidazole rings is 1. The van der Waals surface area contributed by atoms with Gasteiger partial charge in [0.2, 0.25) is 0 Å². The molecule has 1 aromatic carbocycles. The van der Waals surface area contributed by atoms with Crippen LogP contribution in [0.15, 0.2) is 30.5 Å². The number of anilines is 1. The van der Waals surface area contributed by atoms with E-state index < -0.39 is 0 Å². The quantitative estimate of drug-likeness (QED) is 0.505. The van der Waals surface area contributed by atoms with E-state index in [4.69, 9.17) is 20.4 Å². The van der Waals surface area contributed by atoms with Crippen molar-refractivity contribution in [2.75, 3.05) is 25.1 Å². The maximum Gasteiger partial charge on any atom is 0.157 e. The second kappa shape index (κ2) is 8.06. The van der Waals surface area contributed by atoms with E-state index in [0.29, 0.717) is 0 Å². The number of fused-ring (bicyclic) bond motifs is 2. The van der Waals surface area contributed by atoms with E-state index >= 15 is 0 Å². The van der Waals surface area contributed by atoms with Gasteiger partial charge in [0.25, 0.3) is 0 Å². The number of piperidine rings is 1. The Balaban J connectivity index is 1.75. The van der Waals surface area contributed by atoms with Crippen molar-refractivity contribution in [3.8, 4) is 17.3 Å². The summed E-state index contributed by atoms with van der Waals surface area (Å²) in [6.45, 7) is 9.36. The van der Waals surface area contributed by atoms with Gasteiger partial charge in [-0.05, 0) is 42.5 Å². The third-order valence-electron chi connectivity index (χ3n) is 6.40. The van der Waals surface area contributed by atoms with Crippen LogP contribution in [-0.2, 0) is 13.6 Å². The van der Waals surface area contributed by atoms with Gasteiger partial charge in [-0.15, -0.1) is 0 Å². The molecule has 7 heteroatoms. The molecule has 173 valence electrons. The predicted molar refractivity (Wildman–Crippen MR) is 134 cm³/mol. The number of aryl methyl sites for hydroxylation is 1. The molecule has 1 aliphatic heterocycles. The molecule has 0 unspecified atom stereocenters. The van der Waals surface area contributed by atoms with Crippen molar-refractivity contribution in [2.45, 2.75) is 46.2 Å². The third kappa shape index (κ3) is 3.84. The Labute approximate surface area is 195 Å². The van der Waals surface area contributed by atoms with E-state index in [1.807, 2.05) is 18.3 Å². The Bertz CT molecular complexity index is 1310. The van der Waals surface area contributed by atoms with Crippen LogP contribution >= 0.6 is 0 Å². The maximum absolute atomic E-state index is 6.29. The van der Waals surface area contributed by atoms with Crippen LogP contribution in [0.1, 0.15) is 33.6 Å². The van der Waals surface area contributed by atoms with Gasteiger partial charge in [0.1, 0.15) is 22.4 Å². The smallest absolute Gasteiger partial charge is 0.157 e. The molecule has 4 heterocycles. The molecule has 0 aliphatic carbocycles. The zero-order valence-corrected chi connectivity index (χ0v) is 20.2. The molecule has 5 rings (SSSR count). The molecule has 1 radical (unpaired) electrons. The van der Waals surface area contributed by atoms with Crippen LogP contribution in [0.2, 0.25) is 0 Å². The Morgan fingerprint density at radius 1 is 1.30 bits per heavy atom. The van der Waals surface area contributed by atoms with Crippen molar-refractivity contribution in [1.82, 2.24) is 19.1 Å². The van der Waals surface area contributed by atoms with Gasteiger partial charge in [0.05, 0.1) is 18.5 Å². The summed E-state index contributed by atoms with van der Waals surface area (Å²) in [6, 6.07) is 11.8. The molecule has 0 bridgehead atoms. The first-order valence-corrected chi connectivity index (χ1v) is 11.7. The molecule has 3 aromatic heterocycles. The highest BCUT2D eigenvalue weighted by atomic mass is 16.5. The average Bonchev–Trinajstić information content (AvgIpc) is 3.30. The highest BCUT2D eigenvalue weighted by molar-refractivity contribution is 5.96. The van der Waals surface area contributed by atoms with Crippen LogP contribution in [0.3, 0.4) is 0 Å². The average molecular weight is 446 g/mol. The molecule has 2 N–H and O–H groups in total. The van der Waals surface area contributed by atoms with Crippen molar-refractivity contribution in [1.29, 1.82) is 0 Å². The first-order chi connectivity index (χ1) is 15.8. The topological polar surface area (TPSA) is 74.1 Å². The van der Waals surface area contributed by atoms with Gasteiger partial charge in [0, 0.05) is 50.4 Å². The minimum Gasteiger partial charge on any atom is -0.494 e. The lowest BCUT2D eigenvalue weighted by Crippen LogP contribution is -2.43. The van der Waals surface area contributed by atoms with Crippen LogP contribution in [0.25, 0.3) is 33.6 Å². The number of aromatic nitrogens is 4. The Hall–Kier alpha value is -3.06. The molecule has 1 aliphatic rings. The summed E-state index contributed by atoms with van der Waals surface area (Å²) < 4.78 is 10.2. The second-order valence-electron chi connectivity index (χ2n) is 10.3. The Kier molecular flexibility index (Phi) is 5.32. The van der Waals surface area contributed by atoms with Crippen molar-refractivity contribution in [3.05, 3.63) is 36.5 Å². The van der Waals surface area contributed by atoms with Gasteiger partial charge in [-0.3, -0.25) is 0 Å². The lowest BCUT2D eigenvalue weighted by Gasteiger charge is -2.32. The van der Waals surface area contributed by atoms with Gasteiger partial charge in [-0.2, -0.15) is 0 Å². The SMILES string of the molecule is COc1c[c]c(N2CCC[C@@H](N)C2)c2nc(-c3cc4cccnc4n3CC(C)(C)C)n(C)c12. The van der Waals surface area contributed by atoms with Crippen LogP contribution in [-0.4, -0.2) is 45.3 Å². The first-order valence-electron chi connectivity index (χ1n) is 11.7. The summed E-state index contributed by atoms with van der Waals surface area (Å²) in [5.74, 6) is 1.67. The maximum atomic E-state index is 6.29. The minimum absolute atomic E-state index is 0.0867. The van der Waals surface area contributed by atoms with E-state index in [2.05, 4.69) is 60.1 Å². The minimum atomic E-state index is 0.0867. The van der Waals surface area contributed by atoms with Crippen LogP contribution in [0.4, 0.5) is 5.69 Å². The highest BCUT2D eigenvalue weighted by Gasteiger charge is 2.26. The molecule has 33 heavy (non-hydrogen) atoms. The van der Waals surface area contributed by atoms with E-state index in [9.17, 15) is 0 Å². The zero-order chi connectivity index (χ0) is 23.3. The number of rotatable bonds is 4. The number of benzene rings is 1. The van der Waals surface area contributed by atoms with Crippen LogP contribution in [0.5, 0.6) is 5.75 Å². The number of nitrogens with two attached hydrogens (primary N) is 1. The normalized spacial score (nSPS) is 17.3. The van der Waals surface area contributed by atoms with Crippen molar-refractivity contribution >= 4 is 27.8 Å². The van der Waals surface area contributed by atoms with Gasteiger partial charge in [-0.25, -0.2) is 9.97 Å². The summed E-state index contributed by atoms with van der Waals surface area (Å²) >= 11 is 0. The first kappa shape index (κ1) is 21.8. The van der Waals surface area contributed by atoms with E-state index in [-0.39, 0.29) is 11.5 Å². The molecule has 0 spiro atoms. The van der Waals surface area contributed by atoms with Crippen LogP contribution < -0.4 is 15.4 Å². The Morgan fingerprint density at radius 3 is 2.85 bits per heavy atom. The number of pyridine rings is 1. The number of nitrogens with zero attached hydrogens (tertiary/aromatic N) is 5. The monoisotopic (exact) mass is 445 g/mol. The summed E-state index contributed by atoms with van der Waals surface area (Å²) in [5, 5.41) is 1.12. The standard InChI is InChI=1S/C26H33N6O/c1-26(2,3)16-32-20(14-17-8-6-12-28-24(17)32)25-29-22-19(31-13-7-9-18(27)15-31)10-11-21(33-5)23(22)30(25)4/h6,8,11-12,14,18H,7,9,13,15-16,27H2,1-5H3/t18-/m1/s1. The van der Waals surface area contributed by atoms with Gasteiger partial charge >= 0.3 is 0 Å². The Morgan fingerprint density at radius 2 is 2.12 bits per heavy atom. The predicted octanol–water partition coefficient (Wildman–Crippen LogP) is 4.37. The summed E-state index contributed by atoms with van der Waals surface area (Å²) in [7, 11) is 3.76. The third-order valence-corrected chi connectivity index (χ3v) is 6.40. The largest absolute Gasteiger partial charge is 0.494 e. The lowest BCUT2D eigenvalue weighted by molar-refractivity contribution is 0.350. The molecule has 0 amide bonds. The number of hydrogen-bond donors (Lipinski definition) is 1. The summed E-state index contributed by atoms with van der Waals surface area (Å²) in [6.07, 6.45) is 3.99. The molecule has 0 saturated carbocycles. The molecular formula is C26H33N6O. The summed E-state index contributed by atoms with van der Waals surface area (Å²) in [5.41, 5.74) is 11.3. The van der Waals surface area contributed by atoms with Crippen molar-refractivity contribution in [3.63, 3.8) is 0 Å². The fourth-order valence-corrected chi connectivity index (χ4v) is 4.96. The number of methoxy groups -OCH3 is 1. The lowest BCUT2D eigenvalue weighted by atomic mass is 9.97. The van der Waals surface area contributed by atoms with Crippen molar-refractivity contribution < 1.29 is 4.74 Å². The van der Waals surface area contributed by atoms with Gasteiger partial charge in [-0.1, -0.05) is 20.8 Å². The molecule has 1 atom stereocenters. The molecule has 4 aromatic rings. The fraction of sp³-hybridized carbons (Fsp3) is 0.462. The molecule has 1 saturated heterocycles. The second-order valence-corrected chi connectivity index (χ2v) is 10.3. The van der Waals surface area contributed by atoms with Gasteiger partial charge in [0.15, 0.2) is 5.82 Å². The molecule has 7 nitrogen and oxygen atoms in total.